The summed E-state index contributed by atoms with van der Waals surface area (Å²) in [6.07, 6.45) is 0. The lowest BCUT2D eigenvalue weighted by Crippen LogP contribution is -2.34. The van der Waals surface area contributed by atoms with E-state index in [1.807, 2.05) is 24.4 Å². The number of thiocarbonyl (C=S) groups is 1. The van der Waals surface area contributed by atoms with Crippen molar-refractivity contribution in [2.24, 2.45) is 0 Å². The van der Waals surface area contributed by atoms with Gasteiger partial charge in [0.15, 0.2) is 5.11 Å². The van der Waals surface area contributed by atoms with Gasteiger partial charge in [-0.3, -0.25) is 14.9 Å². The van der Waals surface area contributed by atoms with E-state index in [-0.39, 0.29) is 11.0 Å². The predicted octanol–water partition coefficient (Wildman–Crippen LogP) is 5.22. The third-order valence-corrected chi connectivity index (χ3v) is 5.90. The maximum atomic E-state index is 12.7. The summed E-state index contributed by atoms with van der Waals surface area (Å²) in [5.74, 6) is 0.287. The quantitative estimate of drug-likeness (QED) is 0.376. The molecule has 0 saturated carbocycles. The molecule has 2 amide bonds. The van der Waals surface area contributed by atoms with Crippen molar-refractivity contribution >= 4 is 67.8 Å². The van der Waals surface area contributed by atoms with Crippen LogP contribution >= 0.6 is 39.5 Å². The number of hydrogen-bond donors (Lipinski definition) is 3. The summed E-state index contributed by atoms with van der Waals surface area (Å²) in [4.78, 5) is 25.6. The summed E-state index contributed by atoms with van der Waals surface area (Å²) in [6, 6.07) is 12.2. The molecule has 166 valence electrons. The molecular formula is C22H20BrN3O4S2. The van der Waals surface area contributed by atoms with Crippen LogP contribution in [-0.4, -0.2) is 31.1 Å². The Hall–Kier alpha value is -2.95. The Labute approximate surface area is 203 Å². The Morgan fingerprint density at radius 2 is 1.81 bits per heavy atom. The van der Waals surface area contributed by atoms with Gasteiger partial charge in [0.1, 0.15) is 11.5 Å². The number of rotatable bonds is 6. The number of amides is 2. The molecule has 0 aliphatic carbocycles. The number of methoxy groups -OCH3 is 2. The summed E-state index contributed by atoms with van der Waals surface area (Å²) in [6.45, 7) is 1.85. The van der Waals surface area contributed by atoms with Gasteiger partial charge in [0.2, 0.25) is 0 Å². The van der Waals surface area contributed by atoms with Gasteiger partial charge in [-0.1, -0.05) is 22.0 Å². The lowest BCUT2D eigenvalue weighted by Gasteiger charge is -2.15. The molecule has 0 radical (unpaired) electrons. The molecule has 0 aliphatic rings. The summed E-state index contributed by atoms with van der Waals surface area (Å²) in [7, 11) is 3.01. The zero-order valence-electron chi connectivity index (χ0n) is 17.4. The van der Waals surface area contributed by atoms with E-state index in [2.05, 4.69) is 31.9 Å². The molecule has 0 fully saturated rings. The van der Waals surface area contributed by atoms with Crippen LogP contribution in [0.15, 0.2) is 52.3 Å². The van der Waals surface area contributed by atoms with Crippen molar-refractivity contribution in [3.05, 3.63) is 68.3 Å². The van der Waals surface area contributed by atoms with Crippen LogP contribution < -0.4 is 25.4 Å². The second-order valence-corrected chi connectivity index (χ2v) is 8.83. The first-order valence-electron chi connectivity index (χ1n) is 9.31. The van der Waals surface area contributed by atoms with Crippen molar-refractivity contribution in [1.82, 2.24) is 5.32 Å². The number of halogens is 1. The third-order valence-electron chi connectivity index (χ3n) is 4.37. The van der Waals surface area contributed by atoms with Crippen molar-refractivity contribution in [3.8, 4) is 11.5 Å². The summed E-state index contributed by atoms with van der Waals surface area (Å²) < 4.78 is 11.5. The molecule has 0 aliphatic heterocycles. The number of carbonyl (C=O) groups excluding carboxylic acids is 2. The smallest absolute Gasteiger partial charge is 0.265 e. The third kappa shape index (κ3) is 5.64. The summed E-state index contributed by atoms with van der Waals surface area (Å²) >= 11 is 10.0. The van der Waals surface area contributed by atoms with Gasteiger partial charge >= 0.3 is 0 Å². The van der Waals surface area contributed by atoms with E-state index in [9.17, 15) is 9.59 Å². The molecule has 1 heterocycles. The first kappa shape index (κ1) is 23.7. The number of anilines is 2. The van der Waals surface area contributed by atoms with Gasteiger partial charge in [-0.25, -0.2) is 0 Å². The fourth-order valence-corrected chi connectivity index (χ4v) is 4.37. The normalized spacial score (nSPS) is 10.2. The van der Waals surface area contributed by atoms with Crippen LogP contribution in [0.25, 0.3) is 0 Å². The Morgan fingerprint density at radius 3 is 2.47 bits per heavy atom. The highest BCUT2D eigenvalue weighted by Crippen LogP contribution is 2.30. The van der Waals surface area contributed by atoms with Crippen molar-refractivity contribution in [2.45, 2.75) is 6.92 Å². The van der Waals surface area contributed by atoms with Gasteiger partial charge in [-0.15, -0.1) is 11.3 Å². The maximum Gasteiger partial charge on any atom is 0.265 e. The SMILES string of the molecule is COc1cc(NC(=S)NC(=O)c2cc(Br)cc(C)c2OC)ccc1NC(=O)c1cccs1. The number of hydrogen-bond acceptors (Lipinski definition) is 6. The molecule has 7 nitrogen and oxygen atoms in total. The highest BCUT2D eigenvalue weighted by Gasteiger charge is 2.17. The molecule has 0 spiro atoms. The number of benzene rings is 2. The van der Waals surface area contributed by atoms with Crippen LogP contribution in [0, 0.1) is 6.92 Å². The molecular weight excluding hydrogens is 514 g/mol. The van der Waals surface area contributed by atoms with E-state index in [1.54, 1.807) is 30.3 Å². The van der Waals surface area contributed by atoms with Crippen molar-refractivity contribution in [1.29, 1.82) is 0 Å². The van der Waals surface area contributed by atoms with E-state index >= 15 is 0 Å². The fourth-order valence-electron chi connectivity index (χ4n) is 2.97. The van der Waals surface area contributed by atoms with Gasteiger partial charge in [0.25, 0.3) is 11.8 Å². The molecule has 3 aromatic rings. The van der Waals surface area contributed by atoms with Gasteiger partial charge in [0.05, 0.1) is 30.3 Å². The minimum Gasteiger partial charge on any atom is -0.496 e. The van der Waals surface area contributed by atoms with Crippen LogP contribution in [0.2, 0.25) is 0 Å². The lowest BCUT2D eigenvalue weighted by atomic mass is 10.1. The summed E-state index contributed by atoms with van der Waals surface area (Å²) in [5, 5.41) is 10.4. The zero-order valence-corrected chi connectivity index (χ0v) is 20.7. The number of aryl methyl sites for hydroxylation is 1. The Morgan fingerprint density at radius 1 is 1.03 bits per heavy atom. The average Bonchev–Trinajstić information content (AvgIpc) is 3.29. The first-order chi connectivity index (χ1) is 15.3. The van der Waals surface area contributed by atoms with E-state index in [0.717, 1.165) is 10.0 Å². The number of thiophene rings is 1. The second-order valence-electron chi connectivity index (χ2n) is 6.56. The van der Waals surface area contributed by atoms with Crippen LogP contribution in [-0.2, 0) is 0 Å². The molecule has 3 N–H and O–H groups in total. The molecule has 2 aromatic carbocycles. The summed E-state index contributed by atoms with van der Waals surface area (Å²) in [5.41, 5.74) is 2.27. The monoisotopic (exact) mass is 533 g/mol. The largest absolute Gasteiger partial charge is 0.496 e. The van der Waals surface area contributed by atoms with E-state index in [0.29, 0.717) is 33.3 Å². The van der Waals surface area contributed by atoms with Crippen molar-refractivity contribution in [3.63, 3.8) is 0 Å². The Kier molecular flexibility index (Phi) is 7.84. The van der Waals surface area contributed by atoms with Gasteiger partial charge in [-0.05, 0) is 60.4 Å². The van der Waals surface area contributed by atoms with Crippen molar-refractivity contribution < 1.29 is 19.1 Å². The standard InChI is InChI=1S/C22H20BrN3O4S2/c1-12-9-13(23)10-15(19(12)30-3)20(27)26-22(31)24-14-6-7-16(17(11-14)29-2)25-21(28)18-5-4-8-32-18/h4-11H,1-3H3,(H,25,28)(H2,24,26,27,31). The molecule has 0 saturated heterocycles. The Bertz CT molecular complexity index is 1170. The van der Waals surface area contributed by atoms with E-state index < -0.39 is 5.91 Å². The zero-order chi connectivity index (χ0) is 23.3. The molecule has 3 rings (SSSR count). The highest BCUT2D eigenvalue weighted by molar-refractivity contribution is 9.10. The first-order valence-corrected chi connectivity index (χ1v) is 11.4. The molecule has 32 heavy (non-hydrogen) atoms. The van der Waals surface area contributed by atoms with Gasteiger partial charge in [-0.2, -0.15) is 0 Å². The molecule has 0 bridgehead atoms. The fraction of sp³-hybridized carbons (Fsp3) is 0.136. The van der Waals surface area contributed by atoms with Crippen LogP contribution in [0.5, 0.6) is 11.5 Å². The number of carbonyl (C=O) groups is 2. The predicted molar refractivity (Wildman–Crippen MR) is 134 cm³/mol. The van der Waals surface area contributed by atoms with Crippen LogP contribution in [0.4, 0.5) is 11.4 Å². The minimum atomic E-state index is -0.407. The molecule has 10 heteroatoms. The van der Waals surface area contributed by atoms with Crippen LogP contribution in [0.1, 0.15) is 25.6 Å². The Balaban J connectivity index is 1.70. The molecule has 0 unspecified atom stereocenters. The van der Waals surface area contributed by atoms with E-state index in [1.165, 1.54) is 25.6 Å². The topological polar surface area (TPSA) is 88.7 Å². The molecule has 0 atom stereocenters. The van der Waals surface area contributed by atoms with Gasteiger partial charge in [0, 0.05) is 16.2 Å². The highest BCUT2D eigenvalue weighted by atomic mass is 79.9. The maximum absolute atomic E-state index is 12.7. The van der Waals surface area contributed by atoms with Crippen molar-refractivity contribution in [2.75, 3.05) is 24.9 Å². The minimum absolute atomic E-state index is 0.104. The lowest BCUT2D eigenvalue weighted by molar-refractivity contribution is 0.0973. The van der Waals surface area contributed by atoms with E-state index in [4.69, 9.17) is 21.7 Å². The molecule has 1 aromatic heterocycles. The number of ether oxygens (including phenoxy) is 2. The number of nitrogens with one attached hydrogen (secondary N) is 3. The van der Waals surface area contributed by atoms with Gasteiger partial charge < -0.3 is 20.1 Å². The average molecular weight is 534 g/mol. The van der Waals surface area contributed by atoms with Crippen LogP contribution in [0.3, 0.4) is 0 Å². The second kappa shape index (κ2) is 10.6.